The minimum atomic E-state index is -0.189. The van der Waals surface area contributed by atoms with Crippen molar-refractivity contribution in [3.05, 3.63) is 0 Å². The van der Waals surface area contributed by atoms with Crippen molar-refractivity contribution in [2.75, 3.05) is 20.1 Å². The molecule has 2 aliphatic heterocycles. The van der Waals surface area contributed by atoms with Crippen LogP contribution in [0.1, 0.15) is 6.42 Å². The second-order valence-corrected chi connectivity index (χ2v) is 4.23. The van der Waals surface area contributed by atoms with E-state index < -0.39 is 0 Å². The molecule has 4 heteroatoms. The van der Waals surface area contributed by atoms with Gasteiger partial charge in [0.2, 0.25) is 0 Å². The first-order valence-electron chi connectivity index (χ1n) is 4.47. The summed E-state index contributed by atoms with van der Waals surface area (Å²) in [7, 11) is 1.91. The maximum Gasteiger partial charge on any atom is 0.0723 e. The molecule has 2 N–H and O–H groups in total. The zero-order chi connectivity index (χ0) is 8.72. The summed E-state index contributed by atoms with van der Waals surface area (Å²) in [6.45, 7) is 1.90. The highest BCUT2D eigenvalue weighted by atomic mass is 35.5. The summed E-state index contributed by atoms with van der Waals surface area (Å²) >= 11 is 6.13. The van der Waals surface area contributed by atoms with Crippen LogP contribution in [0.4, 0.5) is 0 Å². The summed E-state index contributed by atoms with van der Waals surface area (Å²) in [6.07, 6.45) is 0.707. The van der Waals surface area contributed by atoms with E-state index in [0.29, 0.717) is 0 Å². The molecule has 2 rings (SSSR count). The Morgan fingerprint density at radius 1 is 1.58 bits per heavy atom. The highest BCUT2D eigenvalue weighted by Crippen LogP contribution is 2.30. The Labute approximate surface area is 77.7 Å². The molecule has 12 heavy (non-hydrogen) atoms. The average Bonchev–Trinajstić information content (AvgIpc) is 2.52. The molecule has 4 atom stereocenters. The number of aliphatic hydroxyl groups excluding tert-OH is 1. The number of rotatable bonds is 1. The lowest BCUT2D eigenvalue weighted by atomic mass is 10.0. The average molecular weight is 191 g/mol. The maximum atomic E-state index is 9.68. The minimum absolute atomic E-state index is 0.148. The molecule has 2 fully saturated rings. The second-order valence-electron chi connectivity index (χ2n) is 3.67. The standard InChI is InChI=1S/C8H15ClN2O/c1-10-7-5(9)4-11-3-2-6(12)8(7)11/h5-8,10,12H,2-4H2,1H3/t5-,6+,7-,8-/m0/s1. The number of hydrogen-bond acceptors (Lipinski definition) is 3. The lowest BCUT2D eigenvalue weighted by molar-refractivity contribution is 0.123. The quantitative estimate of drug-likeness (QED) is 0.554. The summed E-state index contributed by atoms with van der Waals surface area (Å²) in [5.74, 6) is 0. The number of alkyl halides is 1. The third-order valence-corrected chi connectivity index (χ3v) is 3.44. The van der Waals surface area contributed by atoms with Crippen molar-refractivity contribution in [3.8, 4) is 0 Å². The van der Waals surface area contributed by atoms with Crippen molar-refractivity contribution in [2.24, 2.45) is 0 Å². The third kappa shape index (κ3) is 1.16. The van der Waals surface area contributed by atoms with E-state index >= 15 is 0 Å². The van der Waals surface area contributed by atoms with Crippen LogP contribution in [0, 0.1) is 0 Å². The van der Waals surface area contributed by atoms with E-state index in [1.807, 2.05) is 7.05 Å². The van der Waals surface area contributed by atoms with Crippen molar-refractivity contribution in [1.29, 1.82) is 0 Å². The van der Waals surface area contributed by atoms with E-state index in [4.69, 9.17) is 11.6 Å². The second kappa shape index (κ2) is 3.14. The number of nitrogens with zero attached hydrogens (tertiary/aromatic N) is 1. The van der Waals surface area contributed by atoms with Gasteiger partial charge in [0.05, 0.1) is 17.5 Å². The molecule has 0 unspecified atom stereocenters. The fraction of sp³-hybridized carbons (Fsp3) is 1.00. The number of aliphatic hydroxyl groups is 1. The van der Waals surface area contributed by atoms with E-state index in [1.165, 1.54) is 0 Å². The fourth-order valence-electron chi connectivity index (χ4n) is 2.44. The van der Waals surface area contributed by atoms with Crippen LogP contribution < -0.4 is 5.32 Å². The predicted molar refractivity (Wildman–Crippen MR) is 48.5 cm³/mol. The maximum absolute atomic E-state index is 9.68. The van der Waals surface area contributed by atoms with Gasteiger partial charge in [0, 0.05) is 19.1 Å². The van der Waals surface area contributed by atoms with E-state index in [9.17, 15) is 5.11 Å². The Hall–Kier alpha value is 0.170. The van der Waals surface area contributed by atoms with Crippen molar-refractivity contribution >= 4 is 11.6 Å². The SMILES string of the molecule is CN[C@@H]1[C@@H]2[C@H](O)CCN2C[C@@H]1Cl. The molecule has 0 bridgehead atoms. The normalized spacial score (nSPS) is 48.2. The van der Waals surface area contributed by atoms with Crippen LogP contribution in [-0.4, -0.2) is 53.7 Å². The first-order valence-corrected chi connectivity index (χ1v) is 4.91. The van der Waals surface area contributed by atoms with Gasteiger partial charge in [-0.1, -0.05) is 0 Å². The van der Waals surface area contributed by atoms with Crippen LogP contribution in [0.5, 0.6) is 0 Å². The Morgan fingerprint density at radius 3 is 3.00 bits per heavy atom. The highest BCUT2D eigenvalue weighted by molar-refractivity contribution is 6.21. The van der Waals surface area contributed by atoms with Gasteiger partial charge >= 0.3 is 0 Å². The number of nitrogens with one attached hydrogen (secondary N) is 1. The molecule has 0 amide bonds. The van der Waals surface area contributed by atoms with Crippen molar-refractivity contribution in [1.82, 2.24) is 10.2 Å². The monoisotopic (exact) mass is 190 g/mol. The minimum Gasteiger partial charge on any atom is -0.391 e. The molecule has 0 saturated carbocycles. The van der Waals surface area contributed by atoms with Gasteiger partial charge in [-0.3, -0.25) is 4.90 Å². The van der Waals surface area contributed by atoms with Gasteiger partial charge in [0.15, 0.2) is 0 Å². The van der Waals surface area contributed by atoms with Crippen LogP contribution in [-0.2, 0) is 0 Å². The zero-order valence-corrected chi connectivity index (χ0v) is 7.96. The van der Waals surface area contributed by atoms with Gasteiger partial charge in [-0.15, -0.1) is 11.6 Å². The van der Waals surface area contributed by atoms with Crippen molar-refractivity contribution in [2.45, 2.75) is 30.0 Å². The summed E-state index contributed by atoms with van der Waals surface area (Å²) in [6, 6.07) is 0.502. The molecule has 0 aliphatic carbocycles. The van der Waals surface area contributed by atoms with E-state index in [2.05, 4.69) is 10.2 Å². The van der Waals surface area contributed by atoms with Gasteiger partial charge < -0.3 is 10.4 Å². The van der Waals surface area contributed by atoms with Crippen LogP contribution in [0.15, 0.2) is 0 Å². The first kappa shape index (κ1) is 8.75. The number of hydrogen-bond donors (Lipinski definition) is 2. The lowest BCUT2D eigenvalue weighted by Crippen LogP contribution is -2.45. The number of likely N-dealkylation sites (N-methyl/N-ethyl adjacent to an activating group) is 1. The molecule has 0 radical (unpaired) electrons. The summed E-state index contributed by atoms with van der Waals surface area (Å²) in [4.78, 5) is 2.28. The summed E-state index contributed by atoms with van der Waals surface area (Å²) in [5.41, 5.74) is 0. The molecule has 3 nitrogen and oxygen atoms in total. The smallest absolute Gasteiger partial charge is 0.0723 e. The zero-order valence-electron chi connectivity index (χ0n) is 7.20. The summed E-state index contributed by atoms with van der Waals surface area (Å²) < 4.78 is 0. The van der Waals surface area contributed by atoms with Gasteiger partial charge in [0.1, 0.15) is 0 Å². The van der Waals surface area contributed by atoms with Gasteiger partial charge in [-0.25, -0.2) is 0 Å². The summed E-state index contributed by atoms with van der Waals surface area (Å²) in [5, 5.41) is 13.0. The van der Waals surface area contributed by atoms with Gasteiger partial charge in [-0.2, -0.15) is 0 Å². The van der Waals surface area contributed by atoms with Crippen LogP contribution in [0.25, 0.3) is 0 Å². The van der Waals surface area contributed by atoms with E-state index in [1.54, 1.807) is 0 Å². The van der Waals surface area contributed by atoms with Gasteiger partial charge in [-0.05, 0) is 13.5 Å². The topological polar surface area (TPSA) is 35.5 Å². The Kier molecular flexibility index (Phi) is 2.29. The lowest BCUT2D eigenvalue weighted by Gasteiger charge is -2.23. The molecule has 70 valence electrons. The largest absolute Gasteiger partial charge is 0.391 e. The first-order chi connectivity index (χ1) is 5.74. The number of fused-ring (bicyclic) bond motifs is 1. The van der Waals surface area contributed by atoms with Crippen LogP contribution >= 0.6 is 11.6 Å². The van der Waals surface area contributed by atoms with E-state index in [0.717, 1.165) is 19.5 Å². The molecule has 0 aromatic heterocycles. The molecular weight excluding hydrogens is 176 g/mol. The molecule has 2 saturated heterocycles. The molecule has 0 aromatic rings. The van der Waals surface area contributed by atoms with E-state index in [-0.39, 0.29) is 23.6 Å². The molecular formula is C8H15ClN2O. The highest BCUT2D eigenvalue weighted by Gasteiger charge is 2.46. The third-order valence-electron chi connectivity index (χ3n) is 3.03. The Balaban J connectivity index is 2.12. The Morgan fingerprint density at radius 2 is 2.33 bits per heavy atom. The predicted octanol–water partition coefficient (Wildman–Crippen LogP) is -0.369. The van der Waals surface area contributed by atoms with Crippen molar-refractivity contribution in [3.63, 3.8) is 0 Å². The molecule has 0 spiro atoms. The van der Waals surface area contributed by atoms with Crippen LogP contribution in [0.3, 0.4) is 0 Å². The fourth-order valence-corrected chi connectivity index (χ4v) is 2.90. The molecule has 2 aliphatic rings. The van der Waals surface area contributed by atoms with Crippen LogP contribution in [0.2, 0.25) is 0 Å². The number of halogens is 1. The molecule has 2 heterocycles. The molecule has 0 aromatic carbocycles. The Bertz CT molecular complexity index is 178. The van der Waals surface area contributed by atoms with Crippen molar-refractivity contribution < 1.29 is 5.11 Å². The van der Waals surface area contributed by atoms with Gasteiger partial charge in [0.25, 0.3) is 0 Å².